The molecule has 0 aromatic carbocycles. The molecule has 1 aliphatic carbocycles. The summed E-state index contributed by atoms with van der Waals surface area (Å²) in [5.41, 5.74) is -0.145. The Morgan fingerprint density at radius 3 is 2.58 bits per heavy atom. The van der Waals surface area contributed by atoms with Gasteiger partial charge >= 0.3 is 7.48 Å². The molecule has 1 aliphatic rings. The molecule has 141 valence electrons. The summed E-state index contributed by atoms with van der Waals surface area (Å²) in [7, 11) is 1.85. The van der Waals surface area contributed by atoms with Crippen molar-refractivity contribution in [2.75, 3.05) is 0 Å². The standard InChI is InChI=1S/C22H33BNO2/c1-8-18-13-19(23-26-22(6,7)21(25)15(2)3)11-12-20(18)17(5)10-9-16(4)14-24/h8-12,15,17-21,25H,1,4,13H2,2-3,5-7H3/b10-9-/t17-,18?,19?,20-,21-/m1/s1. The molecule has 0 heterocycles. The van der Waals surface area contributed by atoms with Crippen LogP contribution in [0.3, 0.4) is 0 Å². The summed E-state index contributed by atoms with van der Waals surface area (Å²) in [6.07, 6.45) is 10.6. The number of nitrogens with zero attached hydrogens (tertiary/aromatic N) is 1. The summed E-state index contributed by atoms with van der Waals surface area (Å²) in [6.45, 7) is 17.7. The molecule has 0 saturated carbocycles. The van der Waals surface area contributed by atoms with Gasteiger partial charge in [-0.3, -0.25) is 0 Å². The van der Waals surface area contributed by atoms with Crippen molar-refractivity contribution >= 4 is 7.48 Å². The van der Waals surface area contributed by atoms with Gasteiger partial charge in [-0.25, -0.2) is 0 Å². The van der Waals surface area contributed by atoms with Crippen LogP contribution in [0.25, 0.3) is 0 Å². The minimum atomic E-state index is -0.615. The Kier molecular flexibility index (Phi) is 8.60. The van der Waals surface area contributed by atoms with Gasteiger partial charge in [0.15, 0.2) is 0 Å². The predicted molar refractivity (Wildman–Crippen MR) is 110 cm³/mol. The average molecular weight is 354 g/mol. The van der Waals surface area contributed by atoms with E-state index < -0.39 is 11.7 Å². The molecule has 0 amide bonds. The van der Waals surface area contributed by atoms with Gasteiger partial charge in [0.2, 0.25) is 0 Å². The number of aliphatic hydroxyl groups excluding tert-OH is 1. The minimum Gasteiger partial charge on any atom is -0.433 e. The van der Waals surface area contributed by atoms with Crippen LogP contribution in [0.15, 0.2) is 49.1 Å². The summed E-state index contributed by atoms with van der Waals surface area (Å²) in [5.74, 6) is 1.30. The monoisotopic (exact) mass is 354 g/mol. The number of hydrogen-bond acceptors (Lipinski definition) is 3. The number of aliphatic hydroxyl groups is 1. The fraction of sp³-hybridized carbons (Fsp3) is 0.591. The van der Waals surface area contributed by atoms with Crippen LogP contribution in [-0.4, -0.2) is 24.3 Å². The van der Waals surface area contributed by atoms with Crippen LogP contribution in [0.4, 0.5) is 0 Å². The number of allylic oxidation sites excluding steroid dienone is 6. The average Bonchev–Trinajstić information content (AvgIpc) is 2.62. The van der Waals surface area contributed by atoms with Crippen LogP contribution in [0, 0.1) is 35.0 Å². The SMILES string of the molecule is C=CC1CC([B]OC(C)(C)[C@H](O)C(C)C)C=C[C@@H]1[C@H](C)/C=C\C(=C)C#N. The third kappa shape index (κ3) is 6.30. The molecule has 0 fully saturated rings. The highest BCUT2D eigenvalue weighted by Crippen LogP contribution is 2.37. The first-order valence-corrected chi connectivity index (χ1v) is 9.39. The van der Waals surface area contributed by atoms with Crippen molar-refractivity contribution in [3.8, 4) is 6.07 Å². The van der Waals surface area contributed by atoms with E-state index in [0.29, 0.717) is 23.3 Å². The van der Waals surface area contributed by atoms with Crippen LogP contribution >= 0.6 is 0 Å². The zero-order chi connectivity index (χ0) is 19.9. The fourth-order valence-electron chi connectivity index (χ4n) is 3.45. The van der Waals surface area contributed by atoms with Crippen molar-refractivity contribution in [1.29, 1.82) is 5.26 Å². The molecule has 0 aliphatic heterocycles. The maximum atomic E-state index is 10.3. The third-order valence-corrected chi connectivity index (χ3v) is 5.16. The third-order valence-electron chi connectivity index (χ3n) is 5.16. The van der Waals surface area contributed by atoms with Gasteiger partial charge in [0.1, 0.15) is 0 Å². The molecule has 26 heavy (non-hydrogen) atoms. The molecule has 5 atom stereocenters. The highest BCUT2D eigenvalue weighted by atomic mass is 16.5. The Morgan fingerprint density at radius 2 is 2.04 bits per heavy atom. The van der Waals surface area contributed by atoms with Gasteiger partial charge < -0.3 is 9.76 Å². The largest absolute Gasteiger partial charge is 0.433 e. The maximum Gasteiger partial charge on any atom is 0.300 e. The van der Waals surface area contributed by atoms with Crippen molar-refractivity contribution in [1.82, 2.24) is 0 Å². The van der Waals surface area contributed by atoms with Crippen LogP contribution in [0.5, 0.6) is 0 Å². The van der Waals surface area contributed by atoms with E-state index in [2.05, 4.69) is 32.2 Å². The quantitative estimate of drug-likeness (QED) is 0.279. The second-order valence-corrected chi connectivity index (χ2v) is 8.16. The lowest BCUT2D eigenvalue weighted by Crippen LogP contribution is -2.44. The van der Waals surface area contributed by atoms with Gasteiger partial charge in [-0.2, -0.15) is 5.26 Å². The highest BCUT2D eigenvalue weighted by Gasteiger charge is 2.33. The van der Waals surface area contributed by atoms with Crippen LogP contribution in [-0.2, 0) is 4.65 Å². The van der Waals surface area contributed by atoms with Crippen molar-refractivity contribution < 1.29 is 9.76 Å². The summed E-state index contributed by atoms with van der Waals surface area (Å²) >= 11 is 0. The van der Waals surface area contributed by atoms with Crippen molar-refractivity contribution in [2.24, 2.45) is 23.7 Å². The van der Waals surface area contributed by atoms with Crippen LogP contribution in [0.1, 0.15) is 41.0 Å². The molecule has 2 unspecified atom stereocenters. The Morgan fingerprint density at radius 1 is 1.38 bits per heavy atom. The van der Waals surface area contributed by atoms with Crippen molar-refractivity contribution in [3.05, 3.63) is 49.1 Å². The van der Waals surface area contributed by atoms with Gasteiger partial charge in [-0.05, 0) is 55.8 Å². The molecule has 4 heteroatoms. The lowest BCUT2D eigenvalue weighted by Gasteiger charge is -2.36. The van der Waals surface area contributed by atoms with E-state index in [4.69, 9.17) is 9.92 Å². The second kappa shape index (κ2) is 9.95. The number of rotatable bonds is 9. The lowest BCUT2D eigenvalue weighted by atomic mass is 9.65. The first-order valence-electron chi connectivity index (χ1n) is 9.39. The van der Waals surface area contributed by atoms with Gasteiger partial charge in [0.05, 0.1) is 17.8 Å². The lowest BCUT2D eigenvalue weighted by molar-refractivity contribution is -0.0518. The molecule has 0 aromatic rings. The Hall–Kier alpha value is -1.57. The van der Waals surface area contributed by atoms with Crippen LogP contribution in [0.2, 0.25) is 5.82 Å². The zero-order valence-electron chi connectivity index (χ0n) is 16.9. The molecular weight excluding hydrogens is 321 g/mol. The highest BCUT2D eigenvalue weighted by molar-refractivity contribution is 6.30. The molecule has 3 nitrogen and oxygen atoms in total. The summed E-state index contributed by atoms with van der Waals surface area (Å²) in [5, 5.41) is 19.1. The summed E-state index contributed by atoms with van der Waals surface area (Å²) < 4.78 is 5.95. The van der Waals surface area contributed by atoms with E-state index in [1.165, 1.54) is 0 Å². The topological polar surface area (TPSA) is 53.2 Å². The summed E-state index contributed by atoms with van der Waals surface area (Å²) in [6, 6.07) is 2.04. The number of nitriles is 1. The number of hydrogen-bond donors (Lipinski definition) is 1. The van der Waals surface area contributed by atoms with Crippen LogP contribution < -0.4 is 0 Å². The van der Waals surface area contributed by atoms with E-state index in [1.54, 1.807) is 6.08 Å². The van der Waals surface area contributed by atoms with Gasteiger partial charge in [0.25, 0.3) is 0 Å². The Balaban J connectivity index is 2.72. The van der Waals surface area contributed by atoms with Gasteiger partial charge in [-0.15, -0.1) is 6.58 Å². The molecule has 0 aromatic heterocycles. The zero-order valence-corrected chi connectivity index (χ0v) is 16.9. The molecule has 0 saturated heterocycles. The van der Waals surface area contributed by atoms with Gasteiger partial charge in [0, 0.05) is 5.57 Å². The minimum absolute atomic E-state index is 0.140. The second-order valence-electron chi connectivity index (χ2n) is 8.16. The van der Waals surface area contributed by atoms with E-state index in [-0.39, 0.29) is 11.7 Å². The van der Waals surface area contributed by atoms with E-state index >= 15 is 0 Å². The molecule has 1 N–H and O–H groups in total. The first kappa shape index (κ1) is 22.5. The molecule has 0 bridgehead atoms. The molecule has 1 radical (unpaired) electrons. The molecular formula is C22H33BNO2. The van der Waals surface area contributed by atoms with E-state index in [1.807, 2.05) is 53.4 Å². The molecule has 1 rings (SSSR count). The van der Waals surface area contributed by atoms with Crippen molar-refractivity contribution in [2.45, 2.75) is 58.6 Å². The molecule has 0 spiro atoms. The first-order chi connectivity index (χ1) is 12.1. The maximum absolute atomic E-state index is 10.3. The van der Waals surface area contributed by atoms with E-state index in [0.717, 1.165) is 6.42 Å². The predicted octanol–water partition coefficient (Wildman–Crippen LogP) is 4.86. The van der Waals surface area contributed by atoms with E-state index in [9.17, 15) is 5.11 Å². The summed E-state index contributed by atoms with van der Waals surface area (Å²) in [4.78, 5) is 0. The Bertz CT molecular complexity index is 585. The smallest absolute Gasteiger partial charge is 0.300 e. The normalized spacial score (nSPS) is 25.7. The van der Waals surface area contributed by atoms with Crippen molar-refractivity contribution in [3.63, 3.8) is 0 Å². The Labute approximate surface area is 160 Å². The fourth-order valence-corrected chi connectivity index (χ4v) is 3.45. The van der Waals surface area contributed by atoms with Gasteiger partial charge in [-0.1, -0.05) is 51.7 Å².